The average molecular weight is 301 g/mol. The minimum atomic E-state index is -1.14. The molecule has 0 saturated heterocycles. The Hall–Kier alpha value is -2.63. The fraction of sp³-hybridized carbons (Fsp3) is 0.312. The van der Waals surface area contributed by atoms with Gasteiger partial charge in [0.1, 0.15) is 0 Å². The second-order valence-electron chi connectivity index (χ2n) is 5.68. The van der Waals surface area contributed by atoms with Gasteiger partial charge in [-0.05, 0) is 30.4 Å². The highest BCUT2D eigenvalue weighted by Gasteiger charge is 2.51. The molecule has 2 aliphatic rings. The van der Waals surface area contributed by atoms with E-state index in [1.54, 1.807) is 12.1 Å². The van der Waals surface area contributed by atoms with Gasteiger partial charge in [-0.25, -0.2) is 4.79 Å². The van der Waals surface area contributed by atoms with Gasteiger partial charge in [-0.2, -0.15) is 0 Å². The van der Waals surface area contributed by atoms with Crippen molar-refractivity contribution in [1.29, 1.82) is 0 Å². The van der Waals surface area contributed by atoms with Crippen molar-refractivity contribution in [3.63, 3.8) is 0 Å². The molecular weight excluding hydrogens is 286 g/mol. The first-order valence-corrected chi connectivity index (χ1v) is 7.03. The Labute approximate surface area is 126 Å². The van der Waals surface area contributed by atoms with Gasteiger partial charge in [-0.3, -0.25) is 9.59 Å². The van der Waals surface area contributed by atoms with Gasteiger partial charge in [-0.15, -0.1) is 0 Å². The van der Waals surface area contributed by atoms with Gasteiger partial charge in [-0.1, -0.05) is 24.3 Å². The number of rotatable bonds is 4. The predicted octanol–water partition coefficient (Wildman–Crippen LogP) is 1.85. The third-order valence-corrected chi connectivity index (χ3v) is 4.46. The van der Waals surface area contributed by atoms with Crippen molar-refractivity contribution in [3.8, 4) is 0 Å². The molecule has 114 valence electrons. The number of nitrogens with one attached hydrogen (secondary N) is 1. The van der Waals surface area contributed by atoms with Crippen molar-refractivity contribution in [2.45, 2.75) is 6.42 Å². The molecule has 0 spiro atoms. The summed E-state index contributed by atoms with van der Waals surface area (Å²) in [7, 11) is 0. The fourth-order valence-corrected chi connectivity index (χ4v) is 3.51. The van der Waals surface area contributed by atoms with Crippen LogP contribution in [0.15, 0.2) is 36.4 Å². The van der Waals surface area contributed by atoms with Gasteiger partial charge in [0.05, 0.1) is 23.1 Å². The molecule has 0 aromatic heterocycles. The quantitative estimate of drug-likeness (QED) is 0.736. The Bertz CT molecular complexity index is 681. The molecule has 2 bridgehead atoms. The summed E-state index contributed by atoms with van der Waals surface area (Å²) in [6.07, 6.45) is 4.41. The van der Waals surface area contributed by atoms with Crippen LogP contribution in [-0.2, 0) is 9.59 Å². The van der Waals surface area contributed by atoms with Crippen LogP contribution in [0, 0.1) is 23.7 Å². The molecule has 1 aromatic carbocycles. The second kappa shape index (κ2) is 5.29. The molecule has 0 radical (unpaired) electrons. The number of hydrogen-bond donors (Lipinski definition) is 3. The zero-order valence-electron chi connectivity index (χ0n) is 11.6. The summed E-state index contributed by atoms with van der Waals surface area (Å²) in [6, 6.07) is 6.09. The normalized spacial score (nSPS) is 28.5. The van der Waals surface area contributed by atoms with Gasteiger partial charge in [0.2, 0.25) is 5.91 Å². The van der Waals surface area contributed by atoms with Crippen molar-refractivity contribution in [2.75, 3.05) is 5.32 Å². The van der Waals surface area contributed by atoms with Gasteiger partial charge >= 0.3 is 11.9 Å². The topological polar surface area (TPSA) is 104 Å². The van der Waals surface area contributed by atoms with E-state index >= 15 is 0 Å². The van der Waals surface area contributed by atoms with Gasteiger partial charge < -0.3 is 15.5 Å². The lowest BCUT2D eigenvalue weighted by Gasteiger charge is -2.24. The maximum absolute atomic E-state index is 12.5. The molecule has 4 atom stereocenters. The Balaban J connectivity index is 1.85. The molecule has 0 aliphatic heterocycles. The molecule has 0 heterocycles. The van der Waals surface area contributed by atoms with Crippen LogP contribution in [0.25, 0.3) is 0 Å². The van der Waals surface area contributed by atoms with Crippen molar-refractivity contribution < 1.29 is 24.6 Å². The Morgan fingerprint density at radius 1 is 1.00 bits per heavy atom. The third-order valence-electron chi connectivity index (χ3n) is 4.46. The standard InChI is InChI=1S/C16H15NO5/c18-14(17-11-4-2-1-3-10(11)15(19)20)12-8-5-6-9(7-8)13(12)16(21)22/h1-6,8-9,12-13H,7H2,(H,17,18)(H,19,20)(H,21,22)/t8-,9+,12+,13+/m1/s1. The van der Waals surface area contributed by atoms with E-state index in [0.29, 0.717) is 6.42 Å². The summed E-state index contributed by atoms with van der Waals surface area (Å²) in [6.45, 7) is 0. The van der Waals surface area contributed by atoms with Crippen LogP contribution in [0.5, 0.6) is 0 Å². The van der Waals surface area contributed by atoms with Crippen molar-refractivity contribution >= 4 is 23.5 Å². The molecule has 0 unspecified atom stereocenters. The number of allylic oxidation sites excluding steroid dienone is 2. The number of aliphatic carboxylic acids is 1. The molecule has 1 aromatic rings. The van der Waals surface area contributed by atoms with Crippen LogP contribution in [-0.4, -0.2) is 28.1 Å². The summed E-state index contributed by atoms with van der Waals surface area (Å²) in [5.74, 6) is -4.17. The lowest BCUT2D eigenvalue weighted by atomic mass is 9.82. The number of hydrogen-bond acceptors (Lipinski definition) is 3. The number of fused-ring (bicyclic) bond motifs is 2. The number of para-hydroxylation sites is 1. The number of anilines is 1. The van der Waals surface area contributed by atoms with Crippen LogP contribution < -0.4 is 5.32 Å². The van der Waals surface area contributed by atoms with Crippen LogP contribution in [0.4, 0.5) is 5.69 Å². The van der Waals surface area contributed by atoms with E-state index in [4.69, 9.17) is 5.11 Å². The lowest BCUT2D eigenvalue weighted by molar-refractivity contribution is -0.146. The predicted molar refractivity (Wildman–Crippen MR) is 77.4 cm³/mol. The van der Waals surface area contributed by atoms with Crippen molar-refractivity contribution in [3.05, 3.63) is 42.0 Å². The molecule has 3 N–H and O–H groups in total. The minimum absolute atomic E-state index is 0.0126. The Morgan fingerprint density at radius 2 is 1.64 bits per heavy atom. The average Bonchev–Trinajstić information content (AvgIpc) is 3.08. The maximum Gasteiger partial charge on any atom is 0.337 e. The molecule has 1 saturated carbocycles. The molecule has 22 heavy (non-hydrogen) atoms. The van der Waals surface area contributed by atoms with E-state index in [2.05, 4.69) is 5.32 Å². The minimum Gasteiger partial charge on any atom is -0.481 e. The number of carboxylic acids is 2. The molecule has 1 fully saturated rings. The van der Waals surface area contributed by atoms with E-state index in [0.717, 1.165) is 0 Å². The van der Waals surface area contributed by atoms with Crippen LogP contribution in [0.3, 0.4) is 0 Å². The maximum atomic E-state index is 12.5. The van der Waals surface area contributed by atoms with Crippen LogP contribution in [0.1, 0.15) is 16.8 Å². The van der Waals surface area contributed by atoms with Crippen molar-refractivity contribution in [1.82, 2.24) is 0 Å². The summed E-state index contributed by atoms with van der Waals surface area (Å²) in [4.78, 5) is 35.1. The number of aromatic carboxylic acids is 1. The fourth-order valence-electron chi connectivity index (χ4n) is 3.51. The van der Waals surface area contributed by atoms with Gasteiger partial charge in [0.15, 0.2) is 0 Å². The summed E-state index contributed by atoms with van der Waals surface area (Å²) in [5.41, 5.74) is 0.178. The molecule has 6 heteroatoms. The first kappa shape index (κ1) is 14.3. The van der Waals surface area contributed by atoms with Gasteiger partial charge in [0.25, 0.3) is 0 Å². The Morgan fingerprint density at radius 3 is 2.27 bits per heavy atom. The van der Waals surface area contributed by atoms with E-state index < -0.39 is 29.7 Å². The highest BCUT2D eigenvalue weighted by Crippen LogP contribution is 2.48. The number of carbonyl (C=O) groups is 3. The van der Waals surface area contributed by atoms with Crippen LogP contribution >= 0.6 is 0 Å². The third kappa shape index (κ3) is 2.26. The Kier molecular flexibility index (Phi) is 3.44. The number of amides is 1. The SMILES string of the molecule is O=C(O)c1ccccc1NC(=O)[C@@H]1[C@@H](C(=O)O)[C@H]2C=C[C@@H]1C2. The zero-order valence-corrected chi connectivity index (χ0v) is 11.6. The molecule has 2 aliphatic carbocycles. The second-order valence-corrected chi connectivity index (χ2v) is 5.68. The zero-order chi connectivity index (χ0) is 15.9. The van der Waals surface area contributed by atoms with Crippen LogP contribution in [0.2, 0.25) is 0 Å². The van der Waals surface area contributed by atoms with E-state index in [9.17, 15) is 19.5 Å². The van der Waals surface area contributed by atoms with Crippen molar-refractivity contribution in [2.24, 2.45) is 23.7 Å². The molecule has 1 amide bonds. The summed E-state index contributed by atoms with van der Waals surface area (Å²) in [5, 5.41) is 21.1. The molecular formula is C16H15NO5. The van der Waals surface area contributed by atoms with E-state index in [1.807, 2.05) is 12.2 Å². The van der Waals surface area contributed by atoms with E-state index in [-0.39, 0.29) is 23.1 Å². The first-order valence-electron chi connectivity index (χ1n) is 7.03. The first-order chi connectivity index (χ1) is 10.5. The smallest absolute Gasteiger partial charge is 0.337 e. The van der Waals surface area contributed by atoms with Gasteiger partial charge in [0, 0.05) is 0 Å². The summed E-state index contributed by atoms with van der Waals surface area (Å²) < 4.78 is 0. The highest BCUT2D eigenvalue weighted by atomic mass is 16.4. The lowest BCUT2D eigenvalue weighted by Crippen LogP contribution is -2.36. The highest BCUT2D eigenvalue weighted by molar-refractivity contribution is 6.02. The summed E-state index contributed by atoms with van der Waals surface area (Å²) >= 11 is 0. The largest absolute Gasteiger partial charge is 0.481 e. The monoisotopic (exact) mass is 301 g/mol. The number of carbonyl (C=O) groups excluding carboxylic acids is 1. The molecule has 6 nitrogen and oxygen atoms in total. The number of carboxylic acid groups (broad SMARTS) is 2. The number of benzene rings is 1. The van der Waals surface area contributed by atoms with E-state index in [1.165, 1.54) is 12.1 Å². The molecule has 3 rings (SSSR count).